The lowest BCUT2D eigenvalue weighted by molar-refractivity contribution is 0.306. The smallest absolute Gasteiger partial charge is 0.193 e. The second-order valence-corrected chi connectivity index (χ2v) is 5.61. The molecule has 4 heteroatoms. The van der Waals surface area contributed by atoms with Crippen molar-refractivity contribution in [1.29, 1.82) is 0 Å². The molecule has 0 aliphatic heterocycles. The van der Waals surface area contributed by atoms with Crippen molar-refractivity contribution in [3.63, 3.8) is 0 Å². The molecule has 25 heavy (non-hydrogen) atoms. The molecule has 0 saturated heterocycles. The molecule has 3 aromatic carbocycles. The van der Waals surface area contributed by atoms with Crippen molar-refractivity contribution in [2.24, 2.45) is 10.7 Å². The predicted octanol–water partition coefficient (Wildman–Crippen LogP) is 4.19. The molecule has 4 nitrogen and oxygen atoms in total. The zero-order chi connectivity index (χ0) is 17.3. The second-order valence-electron chi connectivity index (χ2n) is 5.61. The topological polar surface area (TPSA) is 59.6 Å². The number of guanidine groups is 1. The fraction of sp³-hybridized carbons (Fsp3) is 0.0952. The Bertz CT molecular complexity index is 817. The lowest BCUT2D eigenvalue weighted by atomic mass is 10.2. The number of hydrogen-bond donors (Lipinski definition) is 2. The molecule has 0 fully saturated rings. The van der Waals surface area contributed by atoms with Gasteiger partial charge in [0, 0.05) is 5.69 Å². The largest absolute Gasteiger partial charge is 0.489 e. The van der Waals surface area contributed by atoms with E-state index in [1.165, 1.54) is 0 Å². The van der Waals surface area contributed by atoms with E-state index in [-0.39, 0.29) is 0 Å². The molecular formula is C21H21N3O. The Morgan fingerprint density at radius 1 is 0.840 bits per heavy atom. The highest BCUT2D eigenvalue weighted by Crippen LogP contribution is 2.16. The number of anilines is 1. The predicted molar refractivity (Wildman–Crippen MR) is 103 cm³/mol. The molecule has 0 aliphatic rings. The summed E-state index contributed by atoms with van der Waals surface area (Å²) in [6.45, 7) is 1.04. The molecule has 3 aromatic rings. The van der Waals surface area contributed by atoms with E-state index in [0.717, 1.165) is 22.6 Å². The number of rotatable bonds is 6. The van der Waals surface area contributed by atoms with E-state index in [9.17, 15) is 0 Å². The van der Waals surface area contributed by atoms with E-state index < -0.39 is 0 Å². The molecule has 0 aliphatic carbocycles. The lowest BCUT2D eigenvalue weighted by Crippen LogP contribution is -2.22. The van der Waals surface area contributed by atoms with Gasteiger partial charge in [0.15, 0.2) is 5.96 Å². The number of para-hydroxylation sites is 1. The van der Waals surface area contributed by atoms with Gasteiger partial charge in [0.1, 0.15) is 12.4 Å². The van der Waals surface area contributed by atoms with E-state index in [4.69, 9.17) is 10.5 Å². The molecule has 0 atom stereocenters. The number of ether oxygens (including phenoxy) is 1. The monoisotopic (exact) mass is 331 g/mol. The summed E-state index contributed by atoms with van der Waals surface area (Å²) in [5.74, 6) is 1.22. The van der Waals surface area contributed by atoms with Crippen molar-refractivity contribution < 1.29 is 4.74 Å². The van der Waals surface area contributed by atoms with Gasteiger partial charge in [0.25, 0.3) is 0 Å². The van der Waals surface area contributed by atoms with Gasteiger partial charge in [-0.3, -0.25) is 0 Å². The minimum Gasteiger partial charge on any atom is -0.489 e. The standard InChI is InChI=1S/C21H21N3O/c22-21(24-19-11-5-2-6-12-19)23-15-18-10-7-13-20(14-18)25-16-17-8-3-1-4-9-17/h1-14H,15-16H2,(H3,22,23,24). The first kappa shape index (κ1) is 16.6. The minimum absolute atomic E-state index is 0.391. The maximum absolute atomic E-state index is 5.93. The first-order valence-electron chi connectivity index (χ1n) is 8.17. The summed E-state index contributed by atoms with van der Waals surface area (Å²) in [4.78, 5) is 4.38. The fourth-order valence-corrected chi connectivity index (χ4v) is 2.36. The summed E-state index contributed by atoms with van der Waals surface area (Å²) < 4.78 is 5.84. The van der Waals surface area contributed by atoms with Crippen LogP contribution in [0.25, 0.3) is 0 Å². The van der Waals surface area contributed by atoms with E-state index in [1.807, 2.05) is 84.9 Å². The summed E-state index contributed by atoms with van der Waals surface area (Å²) in [5, 5.41) is 3.07. The van der Waals surface area contributed by atoms with Gasteiger partial charge in [-0.2, -0.15) is 0 Å². The molecule has 126 valence electrons. The number of hydrogen-bond acceptors (Lipinski definition) is 2. The van der Waals surface area contributed by atoms with Gasteiger partial charge in [-0.25, -0.2) is 4.99 Å². The molecule has 0 saturated carbocycles. The van der Waals surface area contributed by atoms with Crippen LogP contribution in [0.5, 0.6) is 5.75 Å². The Morgan fingerprint density at radius 2 is 1.52 bits per heavy atom. The number of nitrogens with two attached hydrogens (primary N) is 1. The van der Waals surface area contributed by atoms with Crippen LogP contribution < -0.4 is 15.8 Å². The van der Waals surface area contributed by atoms with Crippen molar-refractivity contribution in [1.82, 2.24) is 0 Å². The molecule has 0 radical (unpaired) electrons. The minimum atomic E-state index is 0.391. The van der Waals surface area contributed by atoms with Crippen molar-refractivity contribution in [3.05, 3.63) is 96.1 Å². The molecule has 0 bridgehead atoms. The maximum Gasteiger partial charge on any atom is 0.193 e. The first-order valence-corrected chi connectivity index (χ1v) is 8.17. The molecule has 0 unspecified atom stereocenters. The second kappa shape index (κ2) is 8.55. The van der Waals surface area contributed by atoms with E-state index in [0.29, 0.717) is 19.1 Å². The highest BCUT2D eigenvalue weighted by atomic mass is 16.5. The van der Waals surface area contributed by atoms with Crippen molar-refractivity contribution in [3.8, 4) is 5.75 Å². The lowest BCUT2D eigenvalue weighted by Gasteiger charge is -2.08. The molecule has 0 heterocycles. The van der Waals surface area contributed by atoms with Crippen molar-refractivity contribution in [2.45, 2.75) is 13.2 Å². The van der Waals surface area contributed by atoms with Gasteiger partial charge in [-0.15, -0.1) is 0 Å². The summed E-state index contributed by atoms with van der Waals surface area (Å²) >= 11 is 0. The number of nitrogens with one attached hydrogen (secondary N) is 1. The van der Waals surface area contributed by atoms with E-state index in [1.54, 1.807) is 0 Å². The zero-order valence-corrected chi connectivity index (χ0v) is 13.9. The summed E-state index contributed by atoms with van der Waals surface area (Å²) in [7, 11) is 0. The first-order chi connectivity index (χ1) is 12.3. The third-order valence-electron chi connectivity index (χ3n) is 3.62. The Labute approximate surface area is 148 Å². The summed E-state index contributed by atoms with van der Waals surface area (Å²) in [6.07, 6.45) is 0. The molecule has 0 aromatic heterocycles. The Kier molecular flexibility index (Phi) is 5.67. The van der Waals surface area contributed by atoms with Crippen LogP contribution >= 0.6 is 0 Å². The van der Waals surface area contributed by atoms with Crippen molar-refractivity contribution in [2.75, 3.05) is 5.32 Å². The van der Waals surface area contributed by atoms with Gasteiger partial charge in [0.2, 0.25) is 0 Å². The van der Waals surface area contributed by atoms with Crippen LogP contribution in [-0.2, 0) is 13.2 Å². The molecule has 3 rings (SSSR count). The van der Waals surface area contributed by atoms with Crippen LogP contribution in [0.2, 0.25) is 0 Å². The van der Waals surface area contributed by atoms with Crippen molar-refractivity contribution >= 4 is 11.6 Å². The summed E-state index contributed by atoms with van der Waals surface area (Å²) in [5.41, 5.74) is 9.04. The van der Waals surface area contributed by atoms with Crippen LogP contribution in [0, 0.1) is 0 Å². The van der Waals surface area contributed by atoms with Gasteiger partial charge in [-0.1, -0.05) is 60.7 Å². The SMILES string of the molecule is NC(=NCc1cccc(OCc2ccccc2)c1)Nc1ccccc1. The number of nitrogens with zero attached hydrogens (tertiary/aromatic N) is 1. The van der Waals surface area contributed by atoms with Crippen LogP contribution in [0.15, 0.2) is 89.9 Å². The Balaban J connectivity index is 1.57. The molecule has 3 N–H and O–H groups in total. The molecule has 0 amide bonds. The van der Waals surface area contributed by atoms with Gasteiger partial charge < -0.3 is 15.8 Å². The zero-order valence-electron chi connectivity index (χ0n) is 13.9. The Hall–Kier alpha value is -3.27. The van der Waals surface area contributed by atoms with Crippen LogP contribution in [-0.4, -0.2) is 5.96 Å². The number of aliphatic imine (C=N–C) groups is 1. The van der Waals surface area contributed by atoms with Crippen LogP contribution in [0.1, 0.15) is 11.1 Å². The highest BCUT2D eigenvalue weighted by Gasteiger charge is 1.99. The van der Waals surface area contributed by atoms with Crippen LogP contribution in [0.4, 0.5) is 5.69 Å². The summed E-state index contributed by atoms with van der Waals surface area (Å²) in [6, 6.07) is 27.8. The number of benzene rings is 3. The highest BCUT2D eigenvalue weighted by molar-refractivity contribution is 5.92. The Morgan fingerprint density at radius 3 is 2.28 bits per heavy atom. The maximum atomic E-state index is 5.93. The normalized spacial score (nSPS) is 11.1. The van der Waals surface area contributed by atoms with E-state index >= 15 is 0 Å². The average molecular weight is 331 g/mol. The molecular weight excluding hydrogens is 310 g/mol. The average Bonchev–Trinajstić information content (AvgIpc) is 2.67. The van der Waals surface area contributed by atoms with Gasteiger partial charge in [-0.05, 0) is 35.4 Å². The van der Waals surface area contributed by atoms with E-state index in [2.05, 4.69) is 10.3 Å². The van der Waals surface area contributed by atoms with Crippen LogP contribution in [0.3, 0.4) is 0 Å². The van der Waals surface area contributed by atoms with Gasteiger partial charge in [0.05, 0.1) is 6.54 Å². The molecule has 0 spiro atoms. The fourth-order valence-electron chi connectivity index (χ4n) is 2.36. The van der Waals surface area contributed by atoms with Gasteiger partial charge >= 0.3 is 0 Å². The third-order valence-corrected chi connectivity index (χ3v) is 3.62. The quantitative estimate of drug-likeness (QED) is 0.526. The third kappa shape index (κ3) is 5.39.